The van der Waals surface area contributed by atoms with Crippen molar-refractivity contribution >= 4 is 11.6 Å². The Hall–Kier alpha value is -3.74. The second kappa shape index (κ2) is 18.9. The number of amides is 1. The lowest BCUT2D eigenvalue weighted by Crippen LogP contribution is -2.70. The molecule has 3 aliphatic carbocycles. The molecule has 0 bridgehead atoms. The highest BCUT2D eigenvalue weighted by Gasteiger charge is 2.65. The molecular weight excluding hydrogens is 700 g/mol. The summed E-state index contributed by atoms with van der Waals surface area (Å²) < 4.78 is 26.6. The number of aliphatic hydroxyl groups excluding tert-OH is 3. The molecule has 1 heterocycles. The monoisotopic (exact) mass is 760 g/mol. The van der Waals surface area contributed by atoms with Gasteiger partial charge in [0.1, 0.15) is 30.4 Å². The number of aryl methyl sites for hydroxylation is 2. The minimum absolute atomic E-state index is 0.0312. The summed E-state index contributed by atoms with van der Waals surface area (Å²) in [5.41, 5.74) is 5.07. The van der Waals surface area contributed by atoms with Gasteiger partial charge in [-0.05, 0) is 111 Å². The normalized spacial score (nSPS) is 26.0. The maximum atomic E-state index is 14.4. The van der Waals surface area contributed by atoms with Crippen LogP contribution in [0, 0.1) is 37.5 Å². The number of nitrogens with zero attached hydrogens (tertiary/aromatic N) is 2. The van der Waals surface area contributed by atoms with Gasteiger partial charge in [0.05, 0.1) is 38.1 Å². The average molecular weight is 761 g/mol. The van der Waals surface area contributed by atoms with Crippen molar-refractivity contribution < 1.29 is 43.9 Å². The Kier molecular flexibility index (Phi) is 14.1. The summed E-state index contributed by atoms with van der Waals surface area (Å²) >= 11 is 0. The number of carbonyl (C=O) groups is 1. The van der Waals surface area contributed by atoms with Gasteiger partial charge in [0.25, 0.3) is 0 Å². The number of unbranched alkanes of at least 4 members (excludes halogenated alkanes) is 2. The van der Waals surface area contributed by atoms with Crippen LogP contribution in [-0.2, 0) is 19.1 Å². The molecule has 0 spiro atoms. The Morgan fingerprint density at radius 1 is 0.982 bits per heavy atom. The molecule has 1 aliphatic heterocycles. The molecule has 2 saturated carbocycles. The first-order valence-electron chi connectivity index (χ1n) is 20.2. The first-order valence-corrected chi connectivity index (χ1v) is 20.2. The topological polar surface area (TPSA) is 140 Å². The molecule has 2 aromatic carbocycles. The van der Waals surface area contributed by atoms with Gasteiger partial charge in [-0.2, -0.15) is 0 Å². The Labute approximate surface area is 325 Å². The summed E-state index contributed by atoms with van der Waals surface area (Å²) in [5.74, 6) is 0.421. The van der Waals surface area contributed by atoms with Gasteiger partial charge in [0, 0.05) is 43.6 Å². The molecule has 2 aromatic rings. The number of ether oxygens (including phenoxy) is 4. The lowest BCUT2D eigenvalue weighted by atomic mass is 9.55. The van der Waals surface area contributed by atoms with Gasteiger partial charge in [-0.1, -0.05) is 36.2 Å². The van der Waals surface area contributed by atoms with E-state index in [-0.39, 0.29) is 69.2 Å². The van der Waals surface area contributed by atoms with E-state index in [1.165, 1.54) is 5.56 Å². The largest absolute Gasteiger partial charge is 0.459 e. The lowest BCUT2D eigenvalue weighted by molar-refractivity contribution is -0.258. The zero-order valence-electron chi connectivity index (χ0n) is 32.8. The zero-order chi connectivity index (χ0) is 39.0. The van der Waals surface area contributed by atoms with Crippen molar-refractivity contribution in [2.24, 2.45) is 28.8 Å². The minimum Gasteiger partial charge on any atom is -0.459 e. The number of allylic oxidation sites excluding steroid dienone is 1. The number of hydrogen-bond acceptors (Lipinski definition) is 10. The Bertz CT molecular complexity index is 1690. The molecule has 1 amide bonds. The van der Waals surface area contributed by atoms with Crippen molar-refractivity contribution in [3.63, 3.8) is 0 Å². The van der Waals surface area contributed by atoms with Crippen LogP contribution in [0.15, 0.2) is 65.9 Å². The van der Waals surface area contributed by atoms with E-state index < -0.39 is 17.7 Å². The quantitative estimate of drug-likeness (QED) is 0.0729. The molecule has 11 heteroatoms. The summed E-state index contributed by atoms with van der Waals surface area (Å²) in [5, 5.41) is 33.8. The van der Waals surface area contributed by atoms with E-state index in [9.17, 15) is 20.1 Å². The van der Waals surface area contributed by atoms with Gasteiger partial charge in [-0.25, -0.2) is 0 Å². The molecule has 3 N–H and O–H groups in total. The number of oxime groups is 1. The van der Waals surface area contributed by atoms with Crippen molar-refractivity contribution in [3.8, 4) is 17.2 Å². The summed E-state index contributed by atoms with van der Waals surface area (Å²) in [7, 11) is 1.55. The first kappa shape index (κ1) is 40.9. The molecule has 0 radical (unpaired) electrons. The number of hydrogen-bond donors (Lipinski definition) is 3. The van der Waals surface area contributed by atoms with E-state index in [4.69, 9.17) is 23.8 Å². The first-order chi connectivity index (χ1) is 26.8. The zero-order valence-corrected chi connectivity index (χ0v) is 32.8. The van der Waals surface area contributed by atoms with Crippen LogP contribution in [0.1, 0.15) is 80.4 Å². The van der Waals surface area contributed by atoms with E-state index in [0.29, 0.717) is 37.3 Å². The predicted octanol–water partition coefficient (Wildman–Crippen LogP) is 6.61. The number of aliphatic hydroxyl groups is 3. The molecule has 6 rings (SSSR count). The minimum atomic E-state index is -1.33. The number of fused-ring (bicyclic) bond motifs is 2. The van der Waals surface area contributed by atoms with Gasteiger partial charge in [-0.3, -0.25) is 4.79 Å². The molecule has 55 heavy (non-hydrogen) atoms. The fraction of sp³-hybridized carbons (Fsp3) is 0.591. The summed E-state index contributed by atoms with van der Waals surface area (Å²) in [6.07, 6.45) is 10.8. The fourth-order valence-electron chi connectivity index (χ4n) is 9.05. The molecule has 11 nitrogen and oxygen atoms in total. The van der Waals surface area contributed by atoms with Gasteiger partial charge < -0.3 is 44.0 Å². The predicted molar refractivity (Wildman–Crippen MR) is 210 cm³/mol. The summed E-state index contributed by atoms with van der Waals surface area (Å²) in [6, 6.07) is 11.5. The number of rotatable bonds is 21. The van der Waals surface area contributed by atoms with Crippen molar-refractivity contribution in [1.82, 2.24) is 4.90 Å². The van der Waals surface area contributed by atoms with Crippen molar-refractivity contribution in [1.29, 1.82) is 0 Å². The van der Waals surface area contributed by atoms with Gasteiger partial charge >= 0.3 is 0 Å². The lowest BCUT2D eigenvalue weighted by Gasteiger charge is -2.60. The van der Waals surface area contributed by atoms with E-state index in [2.05, 4.69) is 43.8 Å². The Morgan fingerprint density at radius 3 is 2.42 bits per heavy atom. The molecule has 0 saturated heterocycles. The molecule has 6 atom stereocenters. The third kappa shape index (κ3) is 8.97. The third-order valence-electron chi connectivity index (χ3n) is 11.9. The van der Waals surface area contributed by atoms with Gasteiger partial charge in [-0.15, -0.1) is 6.58 Å². The highest BCUT2D eigenvalue weighted by molar-refractivity contribution is 6.03. The van der Waals surface area contributed by atoms with E-state index >= 15 is 0 Å². The van der Waals surface area contributed by atoms with Crippen LogP contribution in [0.2, 0.25) is 0 Å². The van der Waals surface area contributed by atoms with Gasteiger partial charge in [0.15, 0.2) is 0 Å². The van der Waals surface area contributed by atoms with E-state index in [1.54, 1.807) is 13.2 Å². The Morgan fingerprint density at radius 2 is 1.73 bits per heavy atom. The van der Waals surface area contributed by atoms with Crippen LogP contribution in [-0.4, -0.2) is 97.0 Å². The molecular formula is C44H60N2O9. The molecule has 2 fully saturated rings. The van der Waals surface area contributed by atoms with Gasteiger partial charge in [0.2, 0.25) is 11.7 Å². The number of carbonyl (C=O) groups excluding carboxylic acids is 1. The van der Waals surface area contributed by atoms with E-state index in [0.717, 1.165) is 66.7 Å². The van der Waals surface area contributed by atoms with Crippen LogP contribution < -0.4 is 9.47 Å². The van der Waals surface area contributed by atoms with E-state index in [1.807, 2.05) is 29.2 Å². The summed E-state index contributed by atoms with van der Waals surface area (Å²) in [6.45, 7) is 9.19. The molecule has 6 unspecified atom stereocenters. The molecule has 0 aromatic heterocycles. The molecule has 300 valence electrons. The molecule has 4 aliphatic rings. The van der Waals surface area contributed by atoms with Crippen molar-refractivity contribution in [2.45, 2.75) is 89.4 Å². The van der Waals surface area contributed by atoms with Crippen LogP contribution >= 0.6 is 0 Å². The second-order valence-corrected chi connectivity index (χ2v) is 15.4. The highest BCUT2D eigenvalue weighted by Crippen LogP contribution is 2.62. The summed E-state index contributed by atoms with van der Waals surface area (Å²) in [4.78, 5) is 21.8. The van der Waals surface area contributed by atoms with Crippen molar-refractivity contribution in [2.75, 3.05) is 53.3 Å². The second-order valence-electron chi connectivity index (χ2n) is 15.4. The van der Waals surface area contributed by atoms with Crippen LogP contribution in [0.4, 0.5) is 0 Å². The number of benzene rings is 2. The third-order valence-corrected chi connectivity index (χ3v) is 11.9. The smallest absolute Gasteiger partial charge is 0.239 e. The maximum absolute atomic E-state index is 14.4. The highest BCUT2D eigenvalue weighted by atomic mass is 16.7. The van der Waals surface area contributed by atoms with Crippen molar-refractivity contribution in [3.05, 3.63) is 77.4 Å². The van der Waals surface area contributed by atoms with Crippen LogP contribution in [0.25, 0.3) is 0 Å². The van der Waals surface area contributed by atoms with Crippen LogP contribution in [0.3, 0.4) is 0 Å². The standard InChI is InChI=1S/C44H60N2O9/c1-5-22-53-44-40(46(18-23-52-24-21-49)43(50)31-13-14-31)28-38(45-51-4)36-26-32(10-6-8-19-47)35(11-7-9-20-48)41(42(36)44)37-27-34(16-17-39(37)55-44)54-33-15-12-29(2)30(3)25-33/h5,12,15-17,25-27,31-32,35,40-42,47-49H,1,6-11,13-14,18-24,28H2,2-4H3. The average Bonchev–Trinajstić information content (AvgIpc) is 4.04. The maximum Gasteiger partial charge on any atom is 0.239 e. The SMILES string of the molecule is C=CCOC12Oc3ccc(Oc4ccc(C)c(C)c4)cc3C3C(CCCCO)C(CCCCO)C=C(C(=NOC)CC1N(CCOCCO)C(=O)C1CC1)C32. The Balaban J connectivity index is 1.55. The fourth-order valence-corrected chi connectivity index (χ4v) is 9.05. The van der Waals surface area contributed by atoms with Crippen LogP contribution in [0.5, 0.6) is 17.2 Å².